The number of aryl methyl sites for hydroxylation is 1. The zero-order valence-corrected chi connectivity index (χ0v) is 12.8. The summed E-state index contributed by atoms with van der Waals surface area (Å²) in [4.78, 5) is 7.65. The van der Waals surface area contributed by atoms with Gasteiger partial charge in [0.25, 0.3) is 0 Å². The van der Waals surface area contributed by atoms with E-state index in [1.54, 1.807) is 12.5 Å². The summed E-state index contributed by atoms with van der Waals surface area (Å²) in [5.74, 6) is 1.35. The standard InChI is InChI=1S/C16H14N4OS/c1-9-2-5-12(15-14(9)11(6-17)7-18-15)20-22-13-8-21-16(19-13)10-3-4-10/h2,5,7-8,10,18,20H,3-4H2,1H3. The van der Waals surface area contributed by atoms with Crippen molar-refractivity contribution in [2.24, 2.45) is 0 Å². The van der Waals surface area contributed by atoms with Crippen LogP contribution in [-0.2, 0) is 0 Å². The average Bonchev–Trinajstić information content (AvgIpc) is 3.11. The first-order chi connectivity index (χ1) is 10.8. The lowest BCUT2D eigenvalue weighted by atomic mass is 10.1. The van der Waals surface area contributed by atoms with Crippen LogP contribution in [0.4, 0.5) is 5.69 Å². The predicted molar refractivity (Wildman–Crippen MR) is 85.7 cm³/mol. The van der Waals surface area contributed by atoms with Crippen LogP contribution in [0.1, 0.15) is 35.8 Å². The van der Waals surface area contributed by atoms with Crippen LogP contribution < -0.4 is 4.72 Å². The van der Waals surface area contributed by atoms with Gasteiger partial charge in [0.15, 0.2) is 10.9 Å². The monoisotopic (exact) mass is 310 g/mol. The van der Waals surface area contributed by atoms with Crippen LogP contribution in [0.15, 0.2) is 34.0 Å². The first kappa shape index (κ1) is 13.3. The lowest BCUT2D eigenvalue weighted by Crippen LogP contribution is -1.90. The normalized spacial score (nSPS) is 14.2. The Kier molecular flexibility index (Phi) is 3.09. The average molecular weight is 310 g/mol. The molecule has 4 rings (SSSR count). The van der Waals surface area contributed by atoms with Gasteiger partial charge in [-0.2, -0.15) is 5.26 Å². The van der Waals surface area contributed by atoms with Crippen molar-refractivity contribution in [2.75, 3.05) is 4.72 Å². The Balaban J connectivity index is 1.59. The third kappa shape index (κ3) is 2.24. The lowest BCUT2D eigenvalue weighted by molar-refractivity contribution is 0.496. The van der Waals surface area contributed by atoms with Crippen molar-refractivity contribution in [3.05, 3.63) is 41.6 Å². The van der Waals surface area contributed by atoms with E-state index < -0.39 is 0 Å². The van der Waals surface area contributed by atoms with Gasteiger partial charge in [0.2, 0.25) is 0 Å². The summed E-state index contributed by atoms with van der Waals surface area (Å²) >= 11 is 1.42. The second-order valence-electron chi connectivity index (χ2n) is 5.50. The van der Waals surface area contributed by atoms with Crippen LogP contribution in [0.2, 0.25) is 0 Å². The molecule has 0 radical (unpaired) electrons. The van der Waals surface area contributed by atoms with E-state index in [2.05, 4.69) is 20.8 Å². The Labute approximate surface area is 131 Å². The van der Waals surface area contributed by atoms with Gasteiger partial charge >= 0.3 is 0 Å². The molecular formula is C16H14N4OS. The van der Waals surface area contributed by atoms with Crippen LogP contribution in [0, 0.1) is 18.3 Å². The first-order valence-corrected chi connectivity index (χ1v) is 7.97. The SMILES string of the molecule is Cc1ccc(NSc2coc(C3CC3)n2)c2[nH]cc(C#N)c12. The first-order valence-electron chi connectivity index (χ1n) is 7.15. The highest BCUT2D eigenvalue weighted by atomic mass is 32.2. The van der Waals surface area contributed by atoms with Gasteiger partial charge in [0.05, 0.1) is 16.8 Å². The largest absolute Gasteiger partial charge is 0.447 e. The van der Waals surface area contributed by atoms with Gasteiger partial charge in [-0.15, -0.1) is 0 Å². The Morgan fingerprint density at radius 3 is 3.09 bits per heavy atom. The molecule has 0 saturated heterocycles. The number of benzene rings is 1. The summed E-state index contributed by atoms with van der Waals surface area (Å²) in [6.07, 6.45) is 5.78. The second kappa shape index (κ2) is 5.11. The molecule has 0 unspecified atom stereocenters. The zero-order chi connectivity index (χ0) is 15.1. The quantitative estimate of drug-likeness (QED) is 0.701. The van der Waals surface area contributed by atoms with E-state index in [1.807, 2.05) is 19.1 Å². The van der Waals surface area contributed by atoms with E-state index in [4.69, 9.17) is 4.42 Å². The van der Waals surface area contributed by atoms with E-state index >= 15 is 0 Å². The molecule has 2 heterocycles. The molecule has 1 aliphatic carbocycles. The van der Waals surface area contributed by atoms with Crippen LogP contribution in [0.5, 0.6) is 0 Å². The molecule has 1 saturated carbocycles. The number of nitriles is 1. The lowest BCUT2D eigenvalue weighted by Gasteiger charge is -2.06. The molecule has 6 heteroatoms. The molecule has 2 N–H and O–H groups in total. The Bertz CT molecular complexity index is 885. The van der Waals surface area contributed by atoms with Crippen molar-refractivity contribution in [2.45, 2.75) is 30.7 Å². The molecular weight excluding hydrogens is 296 g/mol. The van der Waals surface area contributed by atoms with Gasteiger partial charge in [0.1, 0.15) is 12.3 Å². The van der Waals surface area contributed by atoms with E-state index in [-0.39, 0.29) is 0 Å². The maximum atomic E-state index is 9.19. The van der Waals surface area contributed by atoms with Crippen molar-refractivity contribution >= 4 is 28.5 Å². The molecule has 0 bridgehead atoms. The fourth-order valence-electron chi connectivity index (χ4n) is 2.54. The number of oxazole rings is 1. The summed E-state index contributed by atoms with van der Waals surface area (Å²) in [5.41, 5.74) is 3.62. The molecule has 1 aliphatic rings. The highest BCUT2D eigenvalue weighted by Crippen LogP contribution is 2.40. The number of nitrogens with one attached hydrogen (secondary N) is 2. The van der Waals surface area contributed by atoms with Crippen molar-refractivity contribution < 1.29 is 4.42 Å². The Morgan fingerprint density at radius 1 is 1.45 bits per heavy atom. The van der Waals surface area contributed by atoms with Crippen molar-refractivity contribution in [1.82, 2.24) is 9.97 Å². The van der Waals surface area contributed by atoms with Gasteiger partial charge in [-0.05, 0) is 31.4 Å². The summed E-state index contributed by atoms with van der Waals surface area (Å²) in [5, 5.41) is 11.0. The zero-order valence-electron chi connectivity index (χ0n) is 12.0. The van der Waals surface area contributed by atoms with Gasteiger partial charge < -0.3 is 14.1 Å². The number of fused-ring (bicyclic) bond motifs is 1. The highest BCUT2D eigenvalue weighted by molar-refractivity contribution is 8.00. The minimum absolute atomic E-state index is 0.516. The molecule has 22 heavy (non-hydrogen) atoms. The van der Waals surface area contributed by atoms with E-state index in [9.17, 15) is 5.26 Å². The van der Waals surface area contributed by atoms with Crippen molar-refractivity contribution in [3.63, 3.8) is 0 Å². The molecule has 110 valence electrons. The number of anilines is 1. The molecule has 0 amide bonds. The predicted octanol–water partition coefficient (Wildman–Crippen LogP) is 4.33. The molecule has 1 fully saturated rings. The maximum absolute atomic E-state index is 9.19. The van der Waals surface area contributed by atoms with Gasteiger partial charge in [-0.1, -0.05) is 6.07 Å². The third-order valence-electron chi connectivity index (χ3n) is 3.86. The molecule has 0 spiro atoms. The molecule has 0 atom stereocenters. The Morgan fingerprint density at radius 2 is 2.32 bits per heavy atom. The topological polar surface area (TPSA) is 77.6 Å². The summed E-state index contributed by atoms with van der Waals surface area (Å²) in [7, 11) is 0. The highest BCUT2D eigenvalue weighted by Gasteiger charge is 2.28. The number of H-pyrrole nitrogens is 1. The van der Waals surface area contributed by atoms with Gasteiger partial charge in [0, 0.05) is 29.4 Å². The van der Waals surface area contributed by atoms with Gasteiger partial charge in [-0.3, -0.25) is 0 Å². The van der Waals surface area contributed by atoms with Crippen molar-refractivity contribution in [3.8, 4) is 6.07 Å². The van der Waals surface area contributed by atoms with Crippen LogP contribution in [0.3, 0.4) is 0 Å². The summed E-state index contributed by atoms with van der Waals surface area (Å²) in [6.45, 7) is 2.01. The summed E-state index contributed by atoms with van der Waals surface area (Å²) < 4.78 is 8.78. The molecule has 3 aromatic rings. The minimum atomic E-state index is 0.516. The molecule has 1 aromatic carbocycles. The number of aromatic nitrogens is 2. The fourth-order valence-corrected chi connectivity index (χ4v) is 3.15. The second-order valence-corrected chi connectivity index (χ2v) is 6.32. The maximum Gasteiger partial charge on any atom is 0.198 e. The van der Waals surface area contributed by atoms with Crippen molar-refractivity contribution in [1.29, 1.82) is 5.26 Å². The van der Waals surface area contributed by atoms with E-state index in [0.717, 1.165) is 33.1 Å². The number of rotatable bonds is 4. The molecule has 5 nitrogen and oxygen atoms in total. The minimum Gasteiger partial charge on any atom is -0.447 e. The van der Waals surface area contributed by atoms with E-state index in [0.29, 0.717) is 11.5 Å². The number of aromatic amines is 1. The van der Waals surface area contributed by atoms with Gasteiger partial charge in [-0.25, -0.2) is 4.98 Å². The molecule has 2 aromatic heterocycles. The smallest absolute Gasteiger partial charge is 0.198 e. The Hall–Kier alpha value is -2.39. The molecule has 0 aliphatic heterocycles. The van der Waals surface area contributed by atoms with Crippen LogP contribution in [-0.4, -0.2) is 9.97 Å². The van der Waals surface area contributed by atoms with Crippen LogP contribution in [0.25, 0.3) is 10.9 Å². The van der Waals surface area contributed by atoms with Crippen LogP contribution >= 0.6 is 11.9 Å². The van der Waals surface area contributed by atoms with E-state index in [1.165, 1.54) is 24.8 Å². The summed E-state index contributed by atoms with van der Waals surface area (Å²) in [6, 6.07) is 6.24. The number of hydrogen-bond donors (Lipinski definition) is 2. The fraction of sp³-hybridized carbons (Fsp3) is 0.250. The third-order valence-corrected chi connectivity index (χ3v) is 4.58. The number of nitrogens with zero attached hydrogens (tertiary/aromatic N) is 2. The number of hydrogen-bond acceptors (Lipinski definition) is 5.